The van der Waals surface area contributed by atoms with E-state index in [2.05, 4.69) is 4.72 Å². The zero-order valence-corrected chi connectivity index (χ0v) is 12.7. The van der Waals surface area contributed by atoms with Crippen LogP contribution >= 0.6 is 0 Å². The number of rotatable bonds is 6. The van der Waals surface area contributed by atoms with Crippen LogP contribution in [0.4, 0.5) is 0 Å². The van der Waals surface area contributed by atoms with Gasteiger partial charge in [-0.1, -0.05) is 49.7 Å². The van der Waals surface area contributed by atoms with Crippen molar-refractivity contribution in [3.8, 4) is 0 Å². The molecular formula is C15H19N3O2S. The molecule has 21 heavy (non-hydrogen) atoms. The highest BCUT2D eigenvalue weighted by Crippen LogP contribution is 2.23. The summed E-state index contributed by atoms with van der Waals surface area (Å²) >= 11 is 0. The van der Waals surface area contributed by atoms with E-state index >= 15 is 0 Å². The van der Waals surface area contributed by atoms with Gasteiger partial charge < -0.3 is 5.73 Å². The summed E-state index contributed by atoms with van der Waals surface area (Å²) in [5, 5.41) is 9.03. The van der Waals surface area contributed by atoms with Crippen LogP contribution in [0.25, 0.3) is 10.8 Å². The maximum Gasteiger partial charge on any atom is 0.241 e. The first-order valence-corrected chi connectivity index (χ1v) is 8.28. The number of sulfonamides is 1. The number of nitrogens with one attached hydrogen (secondary N) is 2. The predicted molar refractivity (Wildman–Crippen MR) is 84.9 cm³/mol. The van der Waals surface area contributed by atoms with Crippen LogP contribution in [0.3, 0.4) is 0 Å². The molecule has 2 rings (SSSR count). The molecule has 2 aromatic rings. The summed E-state index contributed by atoms with van der Waals surface area (Å²) < 4.78 is 27.7. The van der Waals surface area contributed by atoms with Gasteiger partial charge in [0.05, 0.1) is 10.9 Å². The Morgan fingerprint density at radius 2 is 1.90 bits per heavy atom. The molecule has 0 saturated heterocycles. The van der Waals surface area contributed by atoms with Gasteiger partial charge in [-0.25, -0.2) is 13.1 Å². The second-order valence-electron chi connectivity index (χ2n) is 4.90. The van der Waals surface area contributed by atoms with Crippen LogP contribution in [0, 0.1) is 5.41 Å². The van der Waals surface area contributed by atoms with E-state index in [0.717, 1.165) is 11.8 Å². The van der Waals surface area contributed by atoms with Gasteiger partial charge in [0, 0.05) is 5.39 Å². The van der Waals surface area contributed by atoms with Crippen LogP contribution in [0.5, 0.6) is 0 Å². The van der Waals surface area contributed by atoms with Crippen molar-refractivity contribution in [3.05, 3.63) is 42.5 Å². The first kappa shape index (κ1) is 15.5. The van der Waals surface area contributed by atoms with Crippen LogP contribution in [-0.2, 0) is 10.0 Å². The van der Waals surface area contributed by atoms with Crippen LogP contribution in [0.2, 0.25) is 0 Å². The van der Waals surface area contributed by atoms with Crippen molar-refractivity contribution in [2.75, 3.05) is 0 Å². The first-order chi connectivity index (χ1) is 9.95. The Hall–Kier alpha value is -1.92. The van der Waals surface area contributed by atoms with Crippen molar-refractivity contribution in [2.24, 2.45) is 5.73 Å². The number of fused-ring (bicyclic) bond motifs is 1. The number of benzene rings is 2. The largest absolute Gasteiger partial charge is 0.386 e. The molecule has 0 spiro atoms. The summed E-state index contributed by atoms with van der Waals surface area (Å²) in [5.41, 5.74) is 5.48. The average molecular weight is 305 g/mol. The van der Waals surface area contributed by atoms with Gasteiger partial charge >= 0.3 is 0 Å². The zero-order valence-electron chi connectivity index (χ0n) is 11.8. The molecule has 1 atom stereocenters. The molecule has 0 saturated carbocycles. The predicted octanol–water partition coefficient (Wildman–Crippen LogP) is 2.22. The highest BCUT2D eigenvalue weighted by molar-refractivity contribution is 7.89. The molecule has 0 fully saturated rings. The number of hydrogen-bond donors (Lipinski definition) is 3. The van der Waals surface area contributed by atoms with Crippen molar-refractivity contribution >= 4 is 26.6 Å². The summed E-state index contributed by atoms with van der Waals surface area (Å²) in [5.74, 6) is -0.166. The third kappa shape index (κ3) is 3.40. The average Bonchev–Trinajstić information content (AvgIpc) is 2.46. The molecule has 6 heteroatoms. The molecule has 0 aromatic heterocycles. The molecule has 0 aliphatic carbocycles. The topological polar surface area (TPSA) is 96.0 Å². The Bertz CT molecular complexity index is 751. The summed E-state index contributed by atoms with van der Waals surface area (Å²) in [6.45, 7) is 1.92. The zero-order chi connectivity index (χ0) is 15.5. The minimum Gasteiger partial charge on any atom is -0.386 e. The Morgan fingerprint density at radius 3 is 2.57 bits per heavy atom. The minimum absolute atomic E-state index is 0.166. The van der Waals surface area contributed by atoms with E-state index in [4.69, 9.17) is 11.1 Å². The lowest BCUT2D eigenvalue weighted by Gasteiger charge is -2.17. The summed E-state index contributed by atoms with van der Waals surface area (Å²) in [7, 11) is -3.72. The molecule has 2 aromatic carbocycles. The Labute approximate surface area is 124 Å². The lowest BCUT2D eigenvalue weighted by Crippen LogP contribution is -2.43. The molecule has 0 aliphatic heterocycles. The second-order valence-corrected chi connectivity index (χ2v) is 6.58. The molecule has 0 radical (unpaired) electrons. The van der Waals surface area contributed by atoms with Gasteiger partial charge in [-0.2, -0.15) is 0 Å². The first-order valence-electron chi connectivity index (χ1n) is 6.79. The van der Waals surface area contributed by atoms with Crippen molar-refractivity contribution in [3.63, 3.8) is 0 Å². The highest BCUT2D eigenvalue weighted by Gasteiger charge is 2.23. The summed E-state index contributed by atoms with van der Waals surface area (Å²) in [6.07, 6.45) is 1.24. The molecule has 0 bridgehead atoms. The van der Waals surface area contributed by atoms with Gasteiger partial charge in [0.2, 0.25) is 10.0 Å². The normalized spacial score (nSPS) is 13.2. The molecule has 1 unspecified atom stereocenters. The Morgan fingerprint density at radius 1 is 1.24 bits per heavy atom. The van der Waals surface area contributed by atoms with Crippen molar-refractivity contribution in [1.82, 2.24) is 4.72 Å². The van der Waals surface area contributed by atoms with E-state index in [1.807, 2.05) is 25.1 Å². The lowest BCUT2D eigenvalue weighted by molar-refractivity contribution is 0.566. The third-order valence-corrected chi connectivity index (χ3v) is 4.82. The fourth-order valence-electron chi connectivity index (χ4n) is 2.25. The van der Waals surface area contributed by atoms with E-state index in [9.17, 15) is 8.42 Å². The van der Waals surface area contributed by atoms with E-state index in [0.29, 0.717) is 11.8 Å². The van der Waals surface area contributed by atoms with Gasteiger partial charge in [0.15, 0.2) is 0 Å². The van der Waals surface area contributed by atoms with E-state index < -0.39 is 16.1 Å². The third-order valence-electron chi connectivity index (χ3n) is 3.29. The SMILES string of the molecule is CCCC(NS(=O)(=O)c1cccc2ccccc12)C(=N)N. The molecular weight excluding hydrogens is 286 g/mol. The number of nitrogens with two attached hydrogens (primary N) is 1. The van der Waals surface area contributed by atoms with Crippen LogP contribution in [-0.4, -0.2) is 20.3 Å². The molecule has 0 aliphatic rings. The number of amidine groups is 1. The van der Waals surface area contributed by atoms with Crippen LogP contribution in [0.15, 0.2) is 47.4 Å². The molecule has 4 N–H and O–H groups in total. The second kappa shape index (κ2) is 6.24. The smallest absolute Gasteiger partial charge is 0.241 e. The van der Waals surface area contributed by atoms with Crippen molar-refractivity contribution in [1.29, 1.82) is 5.41 Å². The fraction of sp³-hybridized carbons (Fsp3) is 0.267. The van der Waals surface area contributed by atoms with E-state index in [1.165, 1.54) is 0 Å². The summed E-state index contributed by atoms with van der Waals surface area (Å²) in [6, 6.07) is 11.8. The van der Waals surface area contributed by atoms with Gasteiger partial charge in [-0.05, 0) is 17.9 Å². The Kier molecular flexibility index (Phi) is 4.59. The van der Waals surface area contributed by atoms with Gasteiger partial charge in [-0.15, -0.1) is 0 Å². The maximum atomic E-state index is 12.6. The molecule has 112 valence electrons. The van der Waals surface area contributed by atoms with Crippen LogP contribution in [0.1, 0.15) is 19.8 Å². The van der Waals surface area contributed by atoms with Gasteiger partial charge in [0.1, 0.15) is 5.84 Å². The van der Waals surface area contributed by atoms with Crippen LogP contribution < -0.4 is 10.5 Å². The van der Waals surface area contributed by atoms with Crippen molar-refractivity contribution in [2.45, 2.75) is 30.7 Å². The van der Waals surface area contributed by atoms with E-state index in [-0.39, 0.29) is 10.7 Å². The monoisotopic (exact) mass is 305 g/mol. The van der Waals surface area contributed by atoms with Gasteiger partial charge in [0.25, 0.3) is 0 Å². The minimum atomic E-state index is -3.72. The van der Waals surface area contributed by atoms with Crippen molar-refractivity contribution < 1.29 is 8.42 Å². The molecule has 5 nitrogen and oxygen atoms in total. The Balaban J connectivity index is 2.44. The van der Waals surface area contributed by atoms with E-state index in [1.54, 1.807) is 24.3 Å². The summed E-state index contributed by atoms with van der Waals surface area (Å²) in [4.78, 5) is 0.211. The standard InChI is InChI=1S/C15H19N3O2S/c1-2-6-13(15(16)17)18-21(19,20)14-10-5-8-11-7-3-4-9-12(11)14/h3-5,7-10,13,18H,2,6H2,1H3,(H3,16,17). The maximum absolute atomic E-state index is 12.6. The molecule has 0 amide bonds. The number of hydrogen-bond acceptors (Lipinski definition) is 3. The highest BCUT2D eigenvalue weighted by atomic mass is 32.2. The fourth-order valence-corrected chi connectivity index (χ4v) is 3.73. The lowest BCUT2D eigenvalue weighted by atomic mass is 10.1. The molecule has 0 heterocycles. The van der Waals surface area contributed by atoms with Gasteiger partial charge in [-0.3, -0.25) is 5.41 Å². The quantitative estimate of drug-likeness (QED) is 0.564.